The van der Waals surface area contributed by atoms with E-state index < -0.39 is 0 Å². The summed E-state index contributed by atoms with van der Waals surface area (Å²) in [7, 11) is 1.80. The fourth-order valence-corrected chi connectivity index (χ4v) is 2.59. The number of fused-ring (bicyclic) bond motifs is 1. The molecule has 0 fully saturated rings. The molecule has 9 heteroatoms. The zero-order valence-electron chi connectivity index (χ0n) is 13.3. The summed E-state index contributed by atoms with van der Waals surface area (Å²) in [6.45, 7) is 1.24. The molecular formula is C15H18ClN7O. The van der Waals surface area contributed by atoms with Crippen LogP contribution in [0.4, 0.5) is 0 Å². The Morgan fingerprint density at radius 2 is 2.29 bits per heavy atom. The summed E-state index contributed by atoms with van der Waals surface area (Å²) in [5.41, 5.74) is 1.79. The summed E-state index contributed by atoms with van der Waals surface area (Å²) in [5.74, 6) is 0.947. The van der Waals surface area contributed by atoms with Gasteiger partial charge in [0.05, 0.1) is 11.0 Å². The third-order valence-electron chi connectivity index (χ3n) is 3.77. The zero-order chi connectivity index (χ0) is 16.9. The molecule has 0 spiro atoms. The van der Waals surface area contributed by atoms with E-state index in [1.165, 1.54) is 0 Å². The first-order valence-electron chi connectivity index (χ1n) is 7.71. The number of nitrogens with zero attached hydrogens (tertiary/aromatic N) is 6. The zero-order valence-corrected chi connectivity index (χ0v) is 14.1. The Kier molecular flexibility index (Phi) is 5.05. The molecule has 3 aromatic rings. The number of amides is 1. The molecule has 0 radical (unpaired) electrons. The highest BCUT2D eigenvalue weighted by Gasteiger charge is 2.10. The van der Waals surface area contributed by atoms with Crippen LogP contribution >= 0.6 is 11.6 Å². The summed E-state index contributed by atoms with van der Waals surface area (Å²) in [6, 6.07) is 5.54. The van der Waals surface area contributed by atoms with E-state index in [-0.39, 0.29) is 5.91 Å². The van der Waals surface area contributed by atoms with Crippen LogP contribution in [0.25, 0.3) is 11.0 Å². The number of benzene rings is 1. The van der Waals surface area contributed by atoms with E-state index >= 15 is 0 Å². The van der Waals surface area contributed by atoms with E-state index in [9.17, 15) is 4.79 Å². The number of tetrazole rings is 1. The highest BCUT2D eigenvalue weighted by atomic mass is 35.5. The first-order valence-corrected chi connectivity index (χ1v) is 8.08. The van der Waals surface area contributed by atoms with Crippen LogP contribution in [-0.2, 0) is 17.8 Å². The predicted octanol–water partition coefficient (Wildman–Crippen LogP) is 1.68. The third-order valence-corrected chi connectivity index (χ3v) is 4.01. The molecule has 3 rings (SSSR count). The first-order chi connectivity index (χ1) is 11.6. The van der Waals surface area contributed by atoms with Gasteiger partial charge in [0.2, 0.25) is 5.91 Å². The van der Waals surface area contributed by atoms with Crippen molar-refractivity contribution in [2.45, 2.75) is 25.8 Å². The van der Waals surface area contributed by atoms with Gasteiger partial charge in [-0.05, 0) is 35.0 Å². The van der Waals surface area contributed by atoms with Gasteiger partial charge in [-0.1, -0.05) is 11.6 Å². The lowest BCUT2D eigenvalue weighted by atomic mass is 10.2. The van der Waals surface area contributed by atoms with Crippen molar-refractivity contribution in [1.82, 2.24) is 35.1 Å². The van der Waals surface area contributed by atoms with Crippen LogP contribution in [0.15, 0.2) is 24.5 Å². The molecule has 0 aliphatic heterocycles. The van der Waals surface area contributed by atoms with E-state index in [1.807, 2.05) is 18.2 Å². The fraction of sp³-hybridized carbons (Fsp3) is 0.400. The van der Waals surface area contributed by atoms with Gasteiger partial charge in [0.1, 0.15) is 12.2 Å². The minimum absolute atomic E-state index is 0.0993. The largest absolute Gasteiger partial charge is 0.345 e. The van der Waals surface area contributed by atoms with Crippen LogP contribution < -0.4 is 0 Å². The Hall–Kier alpha value is -2.48. The van der Waals surface area contributed by atoms with Crippen molar-refractivity contribution in [2.75, 3.05) is 13.6 Å². The van der Waals surface area contributed by atoms with Gasteiger partial charge < -0.3 is 9.88 Å². The predicted molar refractivity (Wildman–Crippen MR) is 89.5 cm³/mol. The number of likely N-dealkylation sites (N-methyl/N-ethyl adjacent to an activating group) is 1. The van der Waals surface area contributed by atoms with E-state index in [1.54, 1.807) is 23.0 Å². The molecule has 0 saturated heterocycles. The number of aromatic amines is 1. The summed E-state index contributed by atoms with van der Waals surface area (Å²) >= 11 is 5.97. The van der Waals surface area contributed by atoms with Crippen molar-refractivity contribution in [3.63, 3.8) is 0 Å². The Morgan fingerprint density at radius 1 is 1.42 bits per heavy atom. The topological polar surface area (TPSA) is 92.6 Å². The van der Waals surface area contributed by atoms with E-state index in [0.29, 0.717) is 37.4 Å². The lowest BCUT2D eigenvalue weighted by molar-refractivity contribution is -0.130. The number of nitrogens with one attached hydrogen (secondary N) is 1. The maximum Gasteiger partial charge on any atom is 0.222 e. The van der Waals surface area contributed by atoms with Crippen molar-refractivity contribution < 1.29 is 4.79 Å². The van der Waals surface area contributed by atoms with Crippen LogP contribution in [0.1, 0.15) is 18.7 Å². The quantitative estimate of drug-likeness (QED) is 0.702. The number of carbonyl (C=O) groups excluding carboxylic acids is 1. The molecule has 0 aliphatic carbocycles. The number of rotatable bonds is 7. The standard InChI is InChI=1S/C15H18ClN7O/c1-22(15(24)3-2-7-23-10-17-20-21-23)8-6-14-18-12-5-4-11(16)9-13(12)19-14/h4-5,9-10H,2-3,6-8H2,1H3,(H,18,19). The van der Waals surface area contributed by atoms with E-state index in [0.717, 1.165) is 16.9 Å². The molecule has 2 heterocycles. The van der Waals surface area contributed by atoms with Crippen molar-refractivity contribution in [3.05, 3.63) is 35.4 Å². The van der Waals surface area contributed by atoms with Gasteiger partial charge in [0.25, 0.3) is 0 Å². The molecule has 0 bridgehead atoms. The van der Waals surface area contributed by atoms with Crippen molar-refractivity contribution in [1.29, 1.82) is 0 Å². The highest BCUT2D eigenvalue weighted by molar-refractivity contribution is 6.31. The van der Waals surface area contributed by atoms with Crippen molar-refractivity contribution in [2.24, 2.45) is 0 Å². The molecule has 0 saturated carbocycles. The number of halogens is 1. The minimum Gasteiger partial charge on any atom is -0.345 e. The second-order valence-corrected chi connectivity index (χ2v) is 6.02. The van der Waals surface area contributed by atoms with Gasteiger partial charge in [0.15, 0.2) is 0 Å². The summed E-state index contributed by atoms with van der Waals surface area (Å²) in [5, 5.41) is 11.6. The van der Waals surface area contributed by atoms with Crippen LogP contribution in [-0.4, -0.2) is 54.6 Å². The minimum atomic E-state index is 0.0993. The van der Waals surface area contributed by atoms with E-state index in [2.05, 4.69) is 25.5 Å². The lowest BCUT2D eigenvalue weighted by Crippen LogP contribution is -2.29. The molecule has 1 amide bonds. The average Bonchev–Trinajstić information content (AvgIpc) is 3.21. The summed E-state index contributed by atoms with van der Waals surface area (Å²) < 4.78 is 1.62. The van der Waals surface area contributed by atoms with Gasteiger partial charge in [-0.25, -0.2) is 9.67 Å². The van der Waals surface area contributed by atoms with E-state index in [4.69, 9.17) is 11.6 Å². The van der Waals surface area contributed by atoms with Crippen LogP contribution in [0.2, 0.25) is 5.02 Å². The number of aromatic nitrogens is 6. The van der Waals surface area contributed by atoms with Gasteiger partial charge >= 0.3 is 0 Å². The summed E-state index contributed by atoms with van der Waals surface area (Å²) in [6.07, 6.45) is 3.38. The number of hydrogen-bond acceptors (Lipinski definition) is 5. The number of imidazole rings is 1. The Bertz CT molecular complexity index is 814. The van der Waals surface area contributed by atoms with Crippen LogP contribution in [0, 0.1) is 0 Å². The normalized spacial score (nSPS) is 11.1. The highest BCUT2D eigenvalue weighted by Crippen LogP contribution is 2.17. The molecule has 24 heavy (non-hydrogen) atoms. The molecule has 2 aromatic heterocycles. The van der Waals surface area contributed by atoms with Gasteiger partial charge in [-0.15, -0.1) is 5.10 Å². The summed E-state index contributed by atoms with van der Waals surface area (Å²) in [4.78, 5) is 21.6. The fourth-order valence-electron chi connectivity index (χ4n) is 2.42. The molecule has 126 valence electrons. The van der Waals surface area contributed by atoms with Crippen LogP contribution in [0.3, 0.4) is 0 Å². The van der Waals surface area contributed by atoms with Crippen molar-refractivity contribution in [3.8, 4) is 0 Å². The molecule has 0 atom stereocenters. The monoisotopic (exact) mass is 347 g/mol. The molecule has 8 nitrogen and oxygen atoms in total. The molecule has 1 N–H and O–H groups in total. The van der Waals surface area contributed by atoms with Crippen LogP contribution in [0.5, 0.6) is 0 Å². The Labute approximate surface area is 143 Å². The number of H-pyrrole nitrogens is 1. The smallest absolute Gasteiger partial charge is 0.222 e. The molecule has 0 aliphatic rings. The second kappa shape index (κ2) is 7.39. The lowest BCUT2D eigenvalue weighted by Gasteiger charge is -2.16. The SMILES string of the molecule is CN(CCc1nc2ccc(Cl)cc2[nH]1)C(=O)CCCn1cnnn1. The number of aryl methyl sites for hydroxylation is 1. The maximum atomic E-state index is 12.1. The Balaban J connectivity index is 1.46. The maximum absolute atomic E-state index is 12.1. The Morgan fingerprint density at radius 3 is 3.08 bits per heavy atom. The van der Waals surface area contributed by atoms with Gasteiger partial charge in [-0.3, -0.25) is 4.79 Å². The molecule has 1 aromatic carbocycles. The van der Waals surface area contributed by atoms with Gasteiger partial charge in [0, 0.05) is 38.0 Å². The number of carbonyl (C=O) groups is 1. The molecular weight excluding hydrogens is 330 g/mol. The average molecular weight is 348 g/mol. The number of hydrogen-bond donors (Lipinski definition) is 1. The third kappa shape index (κ3) is 4.08. The van der Waals surface area contributed by atoms with Crippen molar-refractivity contribution >= 4 is 28.5 Å². The molecule has 0 unspecified atom stereocenters. The second-order valence-electron chi connectivity index (χ2n) is 5.59. The first kappa shape index (κ1) is 16.4. The van der Waals surface area contributed by atoms with Gasteiger partial charge in [-0.2, -0.15) is 0 Å².